The van der Waals surface area contributed by atoms with E-state index in [0.717, 1.165) is 25.7 Å². The van der Waals surface area contributed by atoms with E-state index in [0.29, 0.717) is 12.8 Å². The van der Waals surface area contributed by atoms with Gasteiger partial charge in [-0.1, -0.05) is 50.5 Å². The number of carbonyl (C=O) groups excluding carboxylic acids is 1. The van der Waals surface area contributed by atoms with Crippen LogP contribution in [0.4, 0.5) is 0 Å². The number of hydrogen-bond acceptors (Lipinski definition) is 3. The quantitative estimate of drug-likeness (QED) is 0.289. The minimum Gasteiger partial charge on any atom is -0.550 e. The molecule has 0 aliphatic rings. The van der Waals surface area contributed by atoms with Crippen LogP contribution in [0.5, 0.6) is 0 Å². The third-order valence-corrected chi connectivity index (χ3v) is 3.42. The number of carboxylic acids is 1. The summed E-state index contributed by atoms with van der Waals surface area (Å²) in [6.45, 7) is 2.22. The van der Waals surface area contributed by atoms with E-state index in [1.807, 2.05) is 0 Å². The molecule has 1 unspecified atom stereocenters. The number of allylic oxidation sites excluding steroid dienone is 4. The number of hydrogen-bond donors (Lipinski definition) is 1. The van der Waals surface area contributed by atoms with Gasteiger partial charge in [0.15, 0.2) is 0 Å². The third kappa shape index (κ3) is 19.9. The molecule has 0 radical (unpaired) electrons. The van der Waals surface area contributed by atoms with Gasteiger partial charge in [-0.05, 0) is 51.4 Å². The molecule has 122 valence electrons. The summed E-state index contributed by atoms with van der Waals surface area (Å²) in [5, 5.41) is 19.8. The normalized spacial score (nSPS) is 12.6. The van der Waals surface area contributed by atoms with Crippen LogP contribution >= 0.6 is 0 Å². The van der Waals surface area contributed by atoms with Crippen LogP contribution in [0.25, 0.3) is 0 Å². The van der Waals surface area contributed by atoms with Crippen LogP contribution < -0.4 is 34.7 Å². The van der Waals surface area contributed by atoms with Crippen LogP contribution in [0.3, 0.4) is 0 Å². The first-order valence-electron chi connectivity index (χ1n) is 8.34. The third-order valence-electron chi connectivity index (χ3n) is 3.42. The van der Waals surface area contributed by atoms with Crippen LogP contribution in [-0.2, 0) is 4.79 Å². The van der Waals surface area contributed by atoms with Crippen molar-refractivity contribution in [3.63, 3.8) is 0 Å². The van der Waals surface area contributed by atoms with E-state index in [1.165, 1.54) is 25.7 Å². The molecule has 0 saturated heterocycles. The molecular weight excluding hydrogens is 287 g/mol. The van der Waals surface area contributed by atoms with Gasteiger partial charge in [0.1, 0.15) is 0 Å². The molecule has 0 heterocycles. The Balaban J connectivity index is 0. The molecule has 0 fully saturated rings. The Morgan fingerprint density at radius 2 is 1.59 bits per heavy atom. The van der Waals surface area contributed by atoms with E-state index in [-0.39, 0.29) is 36.0 Å². The van der Waals surface area contributed by atoms with Gasteiger partial charge in [-0.25, -0.2) is 0 Å². The maximum atomic E-state index is 10.2. The van der Waals surface area contributed by atoms with Gasteiger partial charge in [0.05, 0.1) is 6.10 Å². The SMILES string of the molecule is CCCCC/C=C\C/C=C\CCCCC(O)CCC(=O)[O-].[Na+]. The standard InChI is InChI=1S/C18H32O3.Na/c1-2-3-4-5-6-7-8-9-10-11-12-13-14-17(19)15-16-18(20)21;/h6-7,9-10,17,19H,2-5,8,11-16H2,1H3,(H,20,21);/q;+1/p-1/b7-6-,10-9-;. The molecule has 0 spiro atoms. The number of aliphatic hydroxyl groups is 1. The van der Waals surface area contributed by atoms with E-state index in [1.54, 1.807) is 0 Å². The van der Waals surface area contributed by atoms with Crippen molar-refractivity contribution >= 4 is 5.97 Å². The molecule has 0 saturated carbocycles. The Hall–Kier alpha value is -0.0900. The Bertz CT molecular complexity index is 301. The Morgan fingerprint density at radius 3 is 2.14 bits per heavy atom. The fourth-order valence-electron chi connectivity index (χ4n) is 2.09. The average Bonchev–Trinajstić information content (AvgIpc) is 2.46. The van der Waals surface area contributed by atoms with Crippen LogP contribution in [-0.4, -0.2) is 17.2 Å². The number of carboxylic acid groups (broad SMARTS) is 1. The second-order valence-electron chi connectivity index (χ2n) is 5.52. The van der Waals surface area contributed by atoms with Gasteiger partial charge in [0.25, 0.3) is 0 Å². The number of carbonyl (C=O) groups is 1. The van der Waals surface area contributed by atoms with Gasteiger partial charge in [-0.3, -0.25) is 0 Å². The first kappa shape index (κ1) is 24.2. The Kier molecular flexibility index (Phi) is 20.8. The molecule has 0 aromatic heterocycles. The van der Waals surface area contributed by atoms with E-state index in [9.17, 15) is 15.0 Å². The summed E-state index contributed by atoms with van der Waals surface area (Å²) in [6, 6.07) is 0. The zero-order valence-corrected chi connectivity index (χ0v) is 16.4. The van der Waals surface area contributed by atoms with Crippen molar-refractivity contribution in [3.8, 4) is 0 Å². The zero-order chi connectivity index (χ0) is 15.8. The molecule has 0 rings (SSSR count). The van der Waals surface area contributed by atoms with E-state index >= 15 is 0 Å². The predicted molar refractivity (Wildman–Crippen MR) is 85.8 cm³/mol. The van der Waals surface area contributed by atoms with E-state index < -0.39 is 12.1 Å². The molecule has 0 bridgehead atoms. The summed E-state index contributed by atoms with van der Waals surface area (Å²) in [6.07, 6.45) is 18.3. The first-order valence-corrected chi connectivity index (χ1v) is 8.34. The van der Waals surface area contributed by atoms with Crippen LogP contribution in [0.2, 0.25) is 0 Å². The van der Waals surface area contributed by atoms with Gasteiger partial charge in [-0.2, -0.15) is 0 Å². The van der Waals surface area contributed by atoms with Crippen molar-refractivity contribution in [1.29, 1.82) is 0 Å². The van der Waals surface area contributed by atoms with Crippen molar-refractivity contribution in [2.75, 3.05) is 0 Å². The minimum absolute atomic E-state index is 0. The van der Waals surface area contributed by atoms with Crippen molar-refractivity contribution in [2.24, 2.45) is 0 Å². The molecule has 1 atom stereocenters. The Labute approximate surface area is 158 Å². The first-order chi connectivity index (χ1) is 10.2. The maximum Gasteiger partial charge on any atom is 1.00 e. The molecule has 0 aromatic rings. The van der Waals surface area contributed by atoms with Crippen molar-refractivity contribution in [2.45, 2.75) is 83.7 Å². The molecule has 22 heavy (non-hydrogen) atoms. The molecule has 0 amide bonds. The molecule has 1 N–H and O–H groups in total. The summed E-state index contributed by atoms with van der Waals surface area (Å²) >= 11 is 0. The second-order valence-corrected chi connectivity index (χ2v) is 5.52. The van der Waals surface area contributed by atoms with Crippen LogP contribution in [0.15, 0.2) is 24.3 Å². The summed E-state index contributed by atoms with van der Waals surface area (Å²) in [5.41, 5.74) is 0. The summed E-state index contributed by atoms with van der Waals surface area (Å²) < 4.78 is 0. The molecule has 0 aliphatic heterocycles. The van der Waals surface area contributed by atoms with Crippen molar-refractivity contribution in [1.82, 2.24) is 0 Å². The predicted octanol–water partition coefficient (Wildman–Crippen LogP) is 0.525. The van der Waals surface area contributed by atoms with Gasteiger partial charge in [0.2, 0.25) is 0 Å². The smallest absolute Gasteiger partial charge is 0.550 e. The van der Waals surface area contributed by atoms with Gasteiger partial charge >= 0.3 is 29.6 Å². The number of rotatable bonds is 14. The van der Waals surface area contributed by atoms with Gasteiger partial charge in [0, 0.05) is 5.97 Å². The number of unbranched alkanes of at least 4 members (excludes halogenated alkanes) is 5. The largest absolute Gasteiger partial charge is 1.00 e. The zero-order valence-electron chi connectivity index (χ0n) is 14.4. The van der Waals surface area contributed by atoms with Crippen molar-refractivity contribution < 1.29 is 44.6 Å². The fourth-order valence-corrected chi connectivity index (χ4v) is 2.09. The summed E-state index contributed by atoms with van der Waals surface area (Å²) in [4.78, 5) is 10.2. The molecule has 3 nitrogen and oxygen atoms in total. The molecular formula is C18H31NaO3. The molecule has 4 heteroatoms. The average molecular weight is 318 g/mol. The second kappa shape index (κ2) is 19.0. The van der Waals surface area contributed by atoms with Crippen LogP contribution in [0.1, 0.15) is 77.6 Å². The van der Waals surface area contributed by atoms with Gasteiger partial charge in [-0.15, -0.1) is 0 Å². The molecule has 0 aliphatic carbocycles. The summed E-state index contributed by atoms with van der Waals surface area (Å²) in [5.74, 6) is -1.08. The number of aliphatic hydroxyl groups excluding tert-OH is 1. The van der Waals surface area contributed by atoms with E-state index in [4.69, 9.17) is 0 Å². The number of aliphatic carboxylic acids is 1. The van der Waals surface area contributed by atoms with E-state index in [2.05, 4.69) is 31.2 Å². The van der Waals surface area contributed by atoms with Crippen molar-refractivity contribution in [3.05, 3.63) is 24.3 Å². The molecule has 0 aromatic carbocycles. The topological polar surface area (TPSA) is 60.4 Å². The van der Waals surface area contributed by atoms with Gasteiger partial charge < -0.3 is 15.0 Å². The fraction of sp³-hybridized carbons (Fsp3) is 0.722. The minimum atomic E-state index is -1.08. The summed E-state index contributed by atoms with van der Waals surface area (Å²) in [7, 11) is 0. The maximum absolute atomic E-state index is 10.2. The monoisotopic (exact) mass is 318 g/mol. The van der Waals surface area contributed by atoms with Crippen LogP contribution in [0, 0.1) is 0 Å². The Morgan fingerprint density at radius 1 is 1.00 bits per heavy atom.